The summed E-state index contributed by atoms with van der Waals surface area (Å²) in [6.45, 7) is -0.104. The van der Waals surface area contributed by atoms with Crippen molar-refractivity contribution in [2.45, 2.75) is 6.61 Å². The molecule has 2 aromatic carbocycles. The maximum absolute atomic E-state index is 13.6. The number of rotatable bonds is 4. The number of carbonyl (C=O) groups excluding carboxylic acids is 1. The van der Waals surface area contributed by atoms with Gasteiger partial charge in [0.05, 0.1) is 17.7 Å². The van der Waals surface area contributed by atoms with E-state index in [9.17, 15) is 18.4 Å². The van der Waals surface area contributed by atoms with Gasteiger partial charge < -0.3 is 15.2 Å². The molecule has 0 saturated carbocycles. The Morgan fingerprint density at radius 1 is 1.12 bits per heavy atom. The summed E-state index contributed by atoms with van der Waals surface area (Å²) >= 11 is 0. The van der Waals surface area contributed by atoms with Gasteiger partial charge in [-0.3, -0.25) is 0 Å². The third-order valence-electron chi connectivity index (χ3n) is 3.04. The molecule has 25 heavy (non-hydrogen) atoms. The van der Waals surface area contributed by atoms with Crippen molar-refractivity contribution in [2.24, 2.45) is 0 Å². The Bertz CT molecular complexity index is 818. The normalized spacial score (nSPS) is 9.68. The number of ether oxygens (including phenoxy) is 1. The fourth-order valence-corrected chi connectivity index (χ4v) is 1.84. The van der Waals surface area contributed by atoms with Crippen LogP contribution in [0.25, 0.3) is 0 Å². The monoisotopic (exact) mass is 345 g/mol. The molecule has 0 aliphatic carbocycles. The van der Waals surface area contributed by atoms with Gasteiger partial charge in [0.25, 0.3) is 0 Å². The first-order valence-corrected chi connectivity index (χ1v) is 7.13. The molecule has 2 aromatic rings. The molecule has 5 nitrogen and oxygen atoms in total. The van der Waals surface area contributed by atoms with E-state index in [1.807, 2.05) is 6.07 Å². The largest absolute Gasteiger partial charge is 0.478 e. The number of carbonyl (C=O) groups is 2. The summed E-state index contributed by atoms with van der Waals surface area (Å²) in [5.41, 5.74) is -0.265. The van der Waals surface area contributed by atoms with Gasteiger partial charge in [0, 0.05) is 0 Å². The molecule has 0 aromatic heterocycles. The molecular weight excluding hydrogens is 332 g/mol. The molecule has 0 fully saturated rings. The molecule has 1 amide bonds. The van der Waals surface area contributed by atoms with Crippen LogP contribution in [-0.4, -0.2) is 23.7 Å². The number of alkyl carbamates (subject to hydrolysis) is 1. The Hall–Kier alpha value is -3.40. The van der Waals surface area contributed by atoms with Crippen molar-refractivity contribution in [2.75, 3.05) is 6.54 Å². The van der Waals surface area contributed by atoms with Crippen LogP contribution in [0.2, 0.25) is 0 Å². The van der Waals surface area contributed by atoms with Crippen LogP contribution in [0.4, 0.5) is 13.6 Å². The predicted octanol–water partition coefficient (Wildman–Crippen LogP) is 2.94. The molecule has 2 N–H and O–H groups in total. The Kier molecular flexibility index (Phi) is 6.07. The average Bonchev–Trinajstić information content (AvgIpc) is 2.59. The zero-order valence-corrected chi connectivity index (χ0v) is 12.9. The van der Waals surface area contributed by atoms with Crippen LogP contribution in [-0.2, 0) is 11.3 Å². The van der Waals surface area contributed by atoms with E-state index in [-0.39, 0.29) is 13.2 Å². The molecule has 0 saturated heterocycles. The van der Waals surface area contributed by atoms with Crippen molar-refractivity contribution in [1.82, 2.24) is 5.32 Å². The number of halogens is 2. The number of amides is 1. The van der Waals surface area contributed by atoms with E-state index in [4.69, 9.17) is 9.84 Å². The van der Waals surface area contributed by atoms with Gasteiger partial charge in [-0.25, -0.2) is 18.4 Å². The number of carboxylic acids is 1. The van der Waals surface area contributed by atoms with E-state index in [1.165, 1.54) is 0 Å². The lowest BCUT2D eigenvalue weighted by Gasteiger charge is -2.04. The number of carboxylic acid groups (broad SMARTS) is 1. The lowest BCUT2D eigenvalue weighted by atomic mass is 10.1. The highest BCUT2D eigenvalue weighted by atomic mass is 19.1. The van der Waals surface area contributed by atoms with Crippen LogP contribution in [0.5, 0.6) is 0 Å². The molecule has 0 heterocycles. The smallest absolute Gasteiger partial charge is 0.408 e. The van der Waals surface area contributed by atoms with Crippen molar-refractivity contribution < 1.29 is 28.2 Å². The molecule has 2 rings (SSSR count). The maximum atomic E-state index is 13.6. The number of hydrogen-bond acceptors (Lipinski definition) is 3. The summed E-state index contributed by atoms with van der Waals surface area (Å²) < 4.78 is 32.2. The zero-order chi connectivity index (χ0) is 18.2. The Morgan fingerprint density at radius 2 is 1.76 bits per heavy atom. The minimum atomic E-state index is -1.44. The highest BCUT2D eigenvalue weighted by Gasteiger charge is 2.13. The fraction of sp³-hybridized carbons (Fsp3) is 0.111. The van der Waals surface area contributed by atoms with E-state index >= 15 is 0 Å². The molecule has 0 spiro atoms. The van der Waals surface area contributed by atoms with Crippen LogP contribution in [0.15, 0.2) is 42.5 Å². The van der Waals surface area contributed by atoms with Gasteiger partial charge in [-0.2, -0.15) is 0 Å². The number of hydrogen-bond donors (Lipinski definition) is 2. The Morgan fingerprint density at radius 3 is 2.36 bits per heavy atom. The molecule has 7 heteroatoms. The molecule has 0 aliphatic rings. The molecule has 128 valence electrons. The molecule has 0 atom stereocenters. The minimum absolute atomic E-state index is 0.0833. The van der Waals surface area contributed by atoms with Crippen LogP contribution >= 0.6 is 0 Å². The van der Waals surface area contributed by atoms with Crippen molar-refractivity contribution >= 4 is 12.1 Å². The molecule has 0 radical (unpaired) electrons. The van der Waals surface area contributed by atoms with E-state index in [0.717, 1.165) is 5.56 Å². The van der Waals surface area contributed by atoms with Gasteiger partial charge in [-0.1, -0.05) is 42.2 Å². The second-order valence-electron chi connectivity index (χ2n) is 4.84. The topological polar surface area (TPSA) is 75.6 Å². The van der Waals surface area contributed by atoms with Crippen molar-refractivity contribution in [3.05, 3.63) is 70.8 Å². The Balaban J connectivity index is 1.88. The van der Waals surface area contributed by atoms with E-state index in [1.54, 1.807) is 24.3 Å². The number of benzene rings is 2. The fourth-order valence-electron chi connectivity index (χ4n) is 1.84. The van der Waals surface area contributed by atoms with Crippen LogP contribution in [0.1, 0.15) is 21.5 Å². The van der Waals surface area contributed by atoms with Gasteiger partial charge in [0.15, 0.2) is 0 Å². The molecule has 0 aliphatic heterocycles. The van der Waals surface area contributed by atoms with Gasteiger partial charge in [-0.05, 0) is 17.7 Å². The lowest BCUT2D eigenvalue weighted by Crippen LogP contribution is -2.24. The third kappa shape index (κ3) is 5.32. The quantitative estimate of drug-likeness (QED) is 0.836. The molecular formula is C18H13F2NO4. The predicted molar refractivity (Wildman–Crippen MR) is 84.8 cm³/mol. The summed E-state index contributed by atoms with van der Waals surface area (Å²) in [4.78, 5) is 22.2. The SMILES string of the molecule is O=C(NCC#Cc1c(F)cc(C(=O)O)cc1F)OCc1ccccc1. The average molecular weight is 345 g/mol. The maximum Gasteiger partial charge on any atom is 0.408 e. The van der Waals surface area contributed by atoms with Crippen LogP contribution in [0.3, 0.4) is 0 Å². The standard InChI is InChI=1S/C18H13F2NO4/c19-15-9-13(17(22)23)10-16(20)14(15)7-4-8-21-18(24)25-11-12-5-2-1-3-6-12/h1-3,5-6,9-10H,8,11H2,(H,21,24)(H,22,23). The van der Waals surface area contributed by atoms with E-state index in [2.05, 4.69) is 17.2 Å². The van der Waals surface area contributed by atoms with Gasteiger partial charge in [-0.15, -0.1) is 0 Å². The lowest BCUT2D eigenvalue weighted by molar-refractivity contribution is 0.0695. The summed E-state index contributed by atoms with van der Waals surface area (Å²) in [6, 6.07) is 10.4. The third-order valence-corrected chi connectivity index (χ3v) is 3.04. The van der Waals surface area contributed by atoms with Gasteiger partial charge >= 0.3 is 12.1 Å². The van der Waals surface area contributed by atoms with E-state index in [0.29, 0.717) is 12.1 Å². The van der Waals surface area contributed by atoms with Gasteiger partial charge in [0.1, 0.15) is 18.2 Å². The van der Waals surface area contributed by atoms with E-state index < -0.39 is 34.8 Å². The second-order valence-corrected chi connectivity index (χ2v) is 4.84. The summed E-state index contributed by atoms with van der Waals surface area (Å²) in [6.07, 6.45) is -0.722. The first kappa shape index (κ1) is 17.9. The molecule has 0 unspecified atom stereocenters. The highest BCUT2D eigenvalue weighted by molar-refractivity contribution is 5.87. The number of aromatic carboxylic acids is 1. The van der Waals surface area contributed by atoms with Crippen LogP contribution < -0.4 is 5.32 Å². The first-order valence-electron chi connectivity index (χ1n) is 7.13. The van der Waals surface area contributed by atoms with Crippen molar-refractivity contribution in [1.29, 1.82) is 0 Å². The molecule has 0 bridgehead atoms. The summed E-state index contributed by atoms with van der Waals surface area (Å²) in [5.74, 6) is 0.968. The Labute approximate surface area is 142 Å². The summed E-state index contributed by atoms with van der Waals surface area (Å²) in [5, 5.41) is 11.0. The second kappa shape index (κ2) is 8.45. The van der Waals surface area contributed by atoms with Gasteiger partial charge in [0.2, 0.25) is 0 Å². The van der Waals surface area contributed by atoms with Crippen molar-refractivity contribution in [3.8, 4) is 11.8 Å². The first-order chi connectivity index (χ1) is 12.0. The summed E-state index contributed by atoms with van der Waals surface area (Å²) in [7, 11) is 0. The highest BCUT2D eigenvalue weighted by Crippen LogP contribution is 2.14. The minimum Gasteiger partial charge on any atom is -0.478 e. The number of nitrogens with one attached hydrogen (secondary N) is 1. The van der Waals surface area contributed by atoms with Crippen LogP contribution in [0, 0.1) is 23.5 Å². The zero-order valence-electron chi connectivity index (χ0n) is 12.9. The van der Waals surface area contributed by atoms with Crippen molar-refractivity contribution in [3.63, 3.8) is 0 Å².